The summed E-state index contributed by atoms with van der Waals surface area (Å²) in [5.74, 6) is 0.667. The van der Waals surface area contributed by atoms with Crippen LogP contribution in [0, 0.1) is 5.41 Å². The molecule has 23 heavy (non-hydrogen) atoms. The number of benzene rings is 1. The summed E-state index contributed by atoms with van der Waals surface area (Å²) >= 11 is 0. The minimum atomic E-state index is -0.280. The maximum Gasteiger partial charge on any atom is 0.161 e. The predicted molar refractivity (Wildman–Crippen MR) is 94.6 cm³/mol. The fourth-order valence-electron chi connectivity index (χ4n) is 3.15. The third kappa shape index (κ3) is 4.73. The van der Waals surface area contributed by atoms with Crippen LogP contribution in [0.1, 0.15) is 32.4 Å². The molecule has 6 heteroatoms. The third-order valence-electron chi connectivity index (χ3n) is 4.26. The average Bonchev–Trinajstić information content (AvgIpc) is 2.52. The number of aliphatic hydroxyl groups is 1. The topological polar surface area (TPSA) is 65.0 Å². The van der Waals surface area contributed by atoms with E-state index in [0.29, 0.717) is 12.4 Å². The van der Waals surface area contributed by atoms with Gasteiger partial charge in [0, 0.05) is 44.2 Å². The lowest BCUT2D eigenvalue weighted by molar-refractivity contribution is 0.0304. The van der Waals surface area contributed by atoms with Crippen molar-refractivity contribution in [2.24, 2.45) is 5.41 Å². The van der Waals surface area contributed by atoms with Crippen molar-refractivity contribution in [2.75, 3.05) is 39.4 Å². The Morgan fingerprint density at radius 2 is 1.96 bits per heavy atom. The molecule has 1 aliphatic heterocycles. The molecule has 0 amide bonds. The van der Waals surface area contributed by atoms with Crippen LogP contribution in [-0.2, 0) is 0 Å². The Bertz CT molecular complexity index is 491. The average molecular weight is 345 g/mol. The summed E-state index contributed by atoms with van der Waals surface area (Å²) in [6.45, 7) is 10.5. The quantitative estimate of drug-likeness (QED) is 0.738. The molecular formula is C17H29ClN2O3. The summed E-state index contributed by atoms with van der Waals surface area (Å²) in [7, 11) is 0. The van der Waals surface area contributed by atoms with E-state index in [1.54, 1.807) is 6.07 Å². The maximum atomic E-state index is 9.92. The van der Waals surface area contributed by atoms with Gasteiger partial charge < -0.3 is 20.3 Å². The first-order chi connectivity index (χ1) is 10.5. The molecule has 1 aromatic rings. The van der Waals surface area contributed by atoms with Gasteiger partial charge in [-0.25, -0.2) is 0 Å². The summed E-state index contributed by atoms with van der Waals surface area (Å²) in [6, 6.07) is 5.60. The van der Waals surface area contributed by atoms with Gasteiger partial charge in [-0.15, -0.1) is 12.4 Å². The molecule has 0 unspecified atom stereocenters. The fraction of sp³-hybridized carbons (Fsp3) is 0.647. The van der Waals surface area contributed by atoms with Gasteiger partial charge in [0.15, 0.2) is 11.5 Å². The number of rotatable bonds is 6. The first-order valence-corrected chi connectivity index (χ1v) is 8.01. The Labute approximate surface area is 145 Å². The van der Waals surface area contributed by atoms with Crippen LogP contribution in [-0.4, -0.2) is 54.5 Å². The van der Waals surface area contributed by atoms with Gasteiger partial charge in [-0.1, -0.05) is 19.9 Å². The molecular weight excluding hydrogens is 316 g/mol. The number of ether oxygens (including phenoxy) is 1. The number of nitrogens with zero attached hydrogens (tertiary/aromatic N) is 1. The zero-order valence-electron chi connectivity index (χ0n) is 14.2. The molecule has 1 saturated heterocycles. The van der Waals surface area contributed by atoms with E-state index in [0.717, 1.165) is 31.7 Å². The lowest BCUT2D eigenvalue weighted by Crippen LogP contribution is -2.49. The van der Waals surface area contributed by atoms with Gasteiger partial charge in [-0.05, 0) is 24.6 Å². The van der Waals surface area contributed by atoms with Gasteiger partial charge in [-0.2, -0.15) is 0 Å². The zero-order valence-corrected chi connectivity index (χ0v) is 15.0. The highest BCUT2D eigenvalue weighted by Crippen LogP contribution is 2.41. The normalized spacial score (nSPS) is 17.4. The van der Waals surface area contributed by atoms with Crippen LogP contribution in [0.15, 0.2) is 18.2 Å². The Morgan fingerprint density at radius 3 is 2.52 bits per heavy atom. The lowest BCUT2D eigenvalue weighted by atomic mass is 9.79. The summed E-state index contributed by atoms with van der Waals surface area (Å²) in [5.41, 5.74) is 0.792. The molecule has 1 aliphatic rings. The van der Waals surface area contributed by atoms with E-state index < -0.39 is 0 Å². The number of aliphatic hydroxyl groups excluding tert-OH is 1. The van der Waals surface area contributed by atoms with Gasteiger partial charge in [0.1, 0.15) is 0 Å². The third-order valence-corrected chi connectivity index (χ3v) is 4.26. The number of phenols is 1. The van der Waals surface area contributed by atoms with Crippen LogP contribution in [0.5, 0.6) is 11.5 Å². The van der Waals surface area contributed by atoms with E-state index in [9.17, 15) is 10.2 Å². The van der Waals surface area contributed by atoms with Crippen molar-refractivity contribution in [1.29, 1.82) is 0 Å². The Morgan fingerprint density at radius 1 is 1.30 bits per heavy atom. The van der Waals surface area contributed by atoms with E-state index in [1.807, 2.05) is 19.1 Å². The molecule has 0 bridgehead atoms. The number of nitrogens with one attached hydrogen (secondary N) is 1. The molecule has 0 aliphatic carbocycles. The standard InChI is InChI=1S/C17H28N2O3.ClH/c1-4-22-15-11-13(5-6-14(15)21)16(17(2,3)12-20)19-9-7-18-8-10-19;/h5-6,11,16,18,20-21H,4,7-10,12H2,1-3H3;1H/t16-;/m0./s1. The zero-order chi connectivity index (χ0) is 16.2. The van der Waals surface area contributed by atoms with Crippen LogP contribution in [0.2, 0.25) is 0 Å². The van der Waals surface area contributed by atoms with Crippen LogP contribution >= 0.6 is 12.4 Å². The van der Waals surface area contributed by atoms with E-state index in [-0.39, 0.29) is 36.2 Å². The molecule has 1 heterocycles. The largest absolute Gasteiger partial charge is 0.504 e. The number of piperazine rings is 1. The van der Waals surface area contributed by atoms with Crippen molar-refractivity contribution in [3.63, 3.8) is 0 Å². The minimum absolute atomic E-state index is 0. The Kier molecular flexibility index (Phi) is 7.61. The van der Waals surface area contributed by atoms with Gasteiger partial charge >= 0.3 is 0 Å². The van der Waals surface area contributed by atoms with E-state index in [4.69, 9.17) is 4.74 Å². The number of halogens is 1. The van der Waals surface area contributed by atoms with Crippen molar-refractivity contribution >= 4 is 12.4 Å². The second kappa shape index (κ2) is 8.73. The first kappa shape index (κ1) is 20.0. The van der Waals surface area contributed by atoms with Crippen molar-refractivity contribution in [3.8, 4) is 11.5 Å². The number of phenolic OH excluding ortho intramolecular Hbond substituents is 1. The van der Waals surface area contributed by atoms with Crippen molar-refractivity contribution in [2.45, 2.75) is 26.8 Å². The van der Waals surface area contributed by atoms with Gasteiger partial charge in [0.05, 0.1) is 6.61 Å². The summed E-state index contributed by atoms with van der Waals surface area (Å²) < 4.78 is 5.52. The van der Waals surface area contributed by atoms with Crippen molar-refractivity contribution in [3.05, 3.63) is 23.8 Å². The van der Waals surface area contributed by atoms with E-state index in [1.165, 1.54) is 0 Å². The molecule has 1 aromatic carbocycles. The Balaban J connectivity index is 0.00000264. The van der Waals surface area contributed by atoms with E-state index in [2.05, 4.69) is 24.1 Å². The number of hydrogen-bond acceptors (Lipinski definition) is 5. The summed E-state index contributed by atoms with van der Waals surface area (Å²) in [5, 5.41) is 23.1. The van der Waals surface area contributed by atoms with Crippen molar-refractivity contribution in [1.82, 2.24) is 10.2 Å². The molecule has 5 nitrogen and oxygen atoms in total. The molecule has 3 N–H and O–H groups in total. The SMILES string of the molecule is CCOc1cc([C@H](N2CCNCC2)C(C)(C)CO)ccc1O.Cl. The molecule has 132 valence electrons. The molecule has 0 spiro atoms. The maximum absolute atomic E-state index is 9.92. The summed E-state index contributed by atoms with van der Waals surface area (Å²) in [6.07, 6.45) is 0. The monoisotopic (exact) mass is 344 g/mol. The summed E-state index contributed by atoms with van der Waals surface area (Å²) in [4.78, 5) is 2.40. The van der Waals surface area contributed by atoms with Crippen LogP contribution in [0.25, 0.3) is 0 Å². The fourth-order valence-corrected chi connectivity index (χ4v) is 3.15. The van der Waals surface area contributed by atoms with Crippen LogP contribution < -0.4 is 10.1 Å². The van der Waals surface area contributed by atoms with Gasteiger partial charge in [-0.3, -0.25) is 4.90 Å². The lowest BCUT2D eigenvalue weighted by Gasteiger charge is -2.43. The van der Waals surface area contributed by atoms with E-state index >= 15 is 0 Å². The highest BCUT2D eigenvalue weighted by molar-refractivity contribution is 5.85. The van der Waals surface area contributed by atoms with Crippen LogP contribution in [0.4, 0.5) is 0 Å². The minimum Gasteiger partial charge on any atom is -0.504 e. The molecule has 0 saturated carbocycles. The Hall–Kier alpha value is -1.01. The highest BCUT2D eigenvalue weighted by atomic mass is 35.5. The van der Waals surface area contributed by atoms with Crippen LogP contribution in [0.3, 0.4) is 0 Å². The highest BCUT2D eigenvalue weighted by Gasteiger charge is 2.36. The first-order valence-electron chi connectivity index (χ1n) is 8.01. The molecule has 0 aromatic heterocycles. The van der Waals surface area contributed by atoms with Crippen molar-refractivity contribution < 1.29 is 14.9 Å². The second-order valence-electron chi connectivity index (χ2n) is 6.50. The number of hydrogen-bond donors (Lipinski definition) is 3. The smallest absolute Gasteiger partial charge is 0.161 e. The molecule has 0 radical (unpaired) electrons. The predicted octanol–water partition coefficient (Wildman–Crippen LogP) is 2.18. The molecule has 2 rings (SSSR count). The molecule has 1 atom stereocenters. The van der Waals surface area contributed by atoms with Gasteiger partial charge in [0.25, 0.3) is 0 Å². The number of aromatic hydroxyl groups is 1. The molecule has 1 fully saturated rings. The second-order valence-corrected chi connectivity index (χ2v) is 6.50. The van der Waals surface area contributed by atoms with Gasteiger partial charge in [0.2, 0.25) is 0 Å².